The summed E-state index contributed by atoms with van der Waals surface area (Å²) in [7, 11) is 0. The maximum absolute atomic E-state index is 13.2. The van der Waals surface area contributed by atoms with Gasteiger partial charge in [0.05, 0.1) is 12.8 Å². The van der Waals surface area contributed by atoms with Crippen LogP contribution >= 0.6 is 0 Å². The zero-order chi connectivity index (χ0) is 37.9. The second-order valence-corrected chi connectivity index (χ2v) is 13.1. The van der Waals surface area contributed by atoms with Gasteiger partial charge in [-0.25, -0.2) is 0 Å². The lowest BCUT2D eigenvalue weighted by Gasteiger charge is -2.24. The summed E-state index contributed by atoms with van der Waals surface area (Å²) in [6.07, 6.45) is 6.73. The highest BCUT2D eigenvalue weighted by Gasteiger charge is 2.35. The first-order chi connectivity index (χ1) is 26.3. The molecule has 0 radical (unpaired) electrons. The summed E-state index contributed by atoms with van der Waals surface area (Å²) in [5.41, 5.74) is 22.8. The summed E-state index contributed by atoms with van der Waals surface area (Å²) in [4.78, 5) is 61.4. The van der Waals surface area contributed by atoms with Crippen LogP contribution in [0.25, 0.3) is 33.0 Å². The minimum Gasteiger partial charge on any atom is -0.330 e. The van der Waals surface area contributed by atoms with Gasteiger partial charge in [-0.2, -0.15) is 0 Å². The quantitative estimate of drug-likeness (QED) is 0.0645. The number of carbonyl (C=O) groups is 4. The molecule has 6 rings (SSSR count). The van der Waals surface area contributed by atoms with Crippen molar-refractivity contribution in [2.24, 2.45) is 10.2 Å². The number of nitrogens with zero attached hydrogens (tertiary/aromatic N) is 8. The molecule has 14 heteroatoms. The molecule has 0 saturated carbocycles. The topological polar surface area (TPSA) is 196 Å². The van der Waals surface area contributed by atoms with E-state index in [2.05, 4.69) is 30.7 Å². The summed E-state index contributed by atoms with van der Waals surface area (Å²) in [6.45, 7) is 1.01. The molecule has 2 heterocycles. The molecule has 14 nitrogen and oxygen atoms in total. The van der Waals surface area contributed by atoms with Gasteiger partial charge in [0, 0.05) is 45.7 Å². The number of hydrogen-bond acceptors (Lipinski definition) is 6. The van der Waals surface area contributed by atoms with Crippen molar-refractivity contribution in [1.29, 1.82) is 0 Å². The van der Waals surface area contributed by atoms with E-state index < -0.39 is 12.1 Å². The number of benzene rings is 4. The zero-order valence-corrected chi connectivity index (χ0v) is 29.4. The Hall–Kier alpha value is -6.88. The van der Waals surface area contributed by atoms with Gasteiger partial charge in [0.25, 0.3) is 0 Å². The van der Waals surface area contributed by atoms with Crippen molar-refractivity contribution in [3.63, 3.8) is 0 Å². The van der Waals surface area contributed by atoms with Gasteiger partial charge in [0.1, 0.15) is 12.1 Å². The maximum Gasteiger partial charge on any atom is 0.247 e. The van der Waals surface area contributed by atoms with Crippen LogP contribution in [0.2, 0.25) is 0 Å². The Kier molecular flexibility index (Phi) is 12.0. The molecule has 4 aromatic carbocycles. The average Bonchev–Trinajstić information content (AvgIpc) is 3.88. The Labute approximate surface area is 311 Å². The van der Waals surface area contributed by atoms with E-state index in [1.807, 2.05) is 60.7 Å². The third kappa shape index (κ3) is 9.51. The van der Waals surface area contributed by atoms with E-state index in [1.54, 1.807) is 58.3 Å². The van der Waals surface area contributed by atoms with Gasteiger partial charge in [0.2, 0.25) is 23.6 Å². The molecule has 4 amide bonds. The van der Waals surface area contributed by atoms with Gasteiger partial charge in [-0.1, -0.05) is 83.0 Å². The fourth-order valence-electron chi connectivity index (χ4n) is 6.79. The minimum atomic E-state index is -0.564. The lowest BCUT2D eigenvalue weighted by molar-refractivity contribution is -0.136. The summed E-state index contributed by atoms with van der Waals surface area (Å²) < 4.78 is 0. The Morgan fingerprint density at radius 3 is 1.43 bits per heavy atom. The highest BCUT2D eigenvalue weighted by atomic mass is 16.2. The summed E-state index contributed by atoms with van der Waals surface area (Å²) in [6, 6.07) is 27.4. The molecule has 2 fully saturated rings. The van der Waals surface area contributed by atoms with Crippen molar-refractivity contribution in [3.8, 4) is 0 Å². The first kappa shape index (κ1) is 36.9. The number of amides is 4. The van der Waals surface area contributed by atoms with Crippen LogP contribution in [-0.4, -0.2) is 58.6 Å². The van der Waals surface area contributed by atoms with Crippen molar-refractivity contribution in [2.45, 2.75) is 50.6 Å². The highest BCUT2D eigenvalue weighted by molar-refractivity contribution is 5.99. The van der Waals surface area contributed by atoms with Crippen LogP contribution in [0, 0.1) is 0 Å². The molecule has 2 aliphatic heterocycles. The summed E-state index contributed by atoms with van der Waals surface area (Å²) in [5.74, 6) is -0.781. The van der Waals surface area contributed by atoms with Crippen LogP contribution in [0.4, 0.5) is 22.7 Å². The lowest BCUT2D eigenvalue weighted by Crippen LogP contribution is -2.43. The number of carbonyl (C=O) groups excluding carboxylic acids is 4. The van der Waals surface area contributed by atoms with Crippen molar-refractivity contribution >= 4 is 58.5 Å². The van der Waals surface area contributed by atoms with E-state index in [0.29, 0.717) is 59.8 Å². The molecule has 0 aliphatic carbocycles. The molecule has 2 aliphatic rings. The number of anilines is 2. The van der Waals surface area contributed by atoms with Gasteiger partial charge >= 0.3 is 0 Å². The number of nitrogens with one attached hydrogen (secondary N) is 2. The Bertz CT molecular complexity index is 2000. The standard InChI is InChI=1S/C40H38N10O4/c41-47-45-33-7-1-5-29(23-33)25-37(51)49-21-3-9-35(49)39(53)43-31-17-13-27(14-18-31)11-12-28-15-19-32(20-16-28)44-40(54)36-10-4-22-50(36)38(52)26-30-6-2-8-34(24-30)46-48-42/h1-2,5-8,11-20,23-24,35-36H,3-4,9-10,21-22,25-26H2,(H,43,53)(H,44,54)/t35-,36-/m0/s1. The fourth-order valence-corrected chi connectivity index (χ4v) is 6.79. The zero-order valence-electron chi connectivity index (χ0n) is 29.4. The second kappa shape index (κ2) is 17.6. The monoisotopic (exact) mass is 722 g/mol. The third-order valence-corrected chi connectivity index (χ3v) is 9.43. The van der Waals surface area contributed by atoms with E-state index in [4.69, 9.17) is 11.1 Å². The summed E-state index contributed by atoms with van der Waals surface area (Å²) >= 11 is 0. The molecule has 2 N–H and O–H groups in total. The van der Waals surface area contributed by atoms with Crippen LogP contribution in [0.5, 0.6) is 0 Å². The predicted octanol–water partition coefficient (Wildman–Crippen LogP) is 8.09. The predicted molar refractivity (Wildman–Crippen MR) is 206 cm³/mol. The normalized spacial score (nSPS) is 16.4. The molecule has 54 heavy (non-hydrogen) atoms. The highest BCUT2D eigenvalue weighted by Crippen LogP contribution is 2.24. The van der Waals surface area contributed by atoms with Gasteiger partial charge < -0.3 is 20.4 Å². The van der Waals surface area contributed by atoms with E-state index in [0.717, 1.165) is 24.0 Å². The molecule has 0 bridgehead atoms. The van der Waals surface area contributed by atoms with Gasteiger partial charge in [-0.3, -0.25) is 19.2 Å². The van der Waals surface area contributed by atoms with Crippen molar-refractivity contribution in [1.82, 2.24) is 9.80 Å². The van der Waals surface area contributed by atoms with Crippen LogP contribution in [0.15, 0.2) is 107 Å². The lowest BCUT2D eigenvalue weighted by atomic mass is 10.1. The second-order valence-electron chi connectivity index (χ2n) is 13.1. The first-order valence-electron chi connectivity index (χ1n) is 17.7. The maximum atomic E-state index is 13.2. The third-order valence-electron chi connectivity index (χ3n) is 9.43. The van der Waals surface area contributed by atoms with Crippen molar-refractivity contribution < 1.29 is 19.2 Å². The van der Waals surface area contributed by atoms with Gasteiger partial charge in [-0.05, 0) is 95.4 Å². The number of azide groups is 2. The van der Waals surface area contributed by atoms with Crippen LogP contribution < -0.4 is 10.6 Å². The van der Waals surface area contributed by atoms with E-state index >= 15 is 0 Å². The van der Waals surface area contributed by atoms with Crippen LogP contribution in [0.3, 0.4) is 0 Å². The molecule has 0 aromatic heterocycles. The largest absolute Gasteiger partial charge is 0.330 e. The molecule has 272 valence electrons. The number of rotatable bonds is 12. The molecule has 0 unspecified atom stereocenters. The van der Waals surface area contributed by atoms with Crippen molar-refractivity contribution in [3.05, 3.63) is 140 Å². The summed E-state index contributed by atoms with van der Waals surface area (Å²) in [5, 5.41) is 13.1. The molecule has 2 saturated heterocycles. The van der Waals surface area contributed by atoms with E-state index in [1.165, 1.54) is 0 Å². The Balaban J connectivity index is 0.984. The first-order valence-corrected chi connectivity index (χ1v) is 17.7. The van der Waals surface area contributed by atoms with E-state index in [9.17, 15) is 19.2 Å². The average molecular weight is 723 g/mol. The molecule has 4 aromatic rings. The van der Waals surface area contributed by atoms with Gasteiger partial charge in [0.15, 0.2) is 0 Å². The SMILES string of the molecule is [N-]=[N+]=Nc1cccc(CC(=O)N2CCC[C@H]2C(=O)Nc2ccc(C=Cc3ccc(NC(=O)[C@@H]4CCCN4C(=O)Cc4cccc(N=[N+]=[N-])c4)cc3)cc2)c1. The van der Waals surface area contributed by atoms with Gasteiger partial charge in [-0.15, -0.1) is 0 Å². The Morgan fingerprint density at radius 1 is 0.630 bits per heavy atom. The minimum absolute atomic E-state index is 0.109. The fraction of sp³-hybridized carbons (Fsp3) is 0.250. The molecular formula is C40H38N10O4. The smallest absolute Gasteiger partial charge is 0.247 e. The van der Waals surface area contributed by atoms with Crippen LogP contribution in [-0.2, 0) is 32.0 Å². The molecular weight excluding hydrogens is 685 g/mol. The van der Waals surface area contributed by atoms with Crippen LogP contribution in [0.1, 0.15) is 47.9 Å². The number of likely N-dealkylation sites (tertiary alicyclic amines) is 2. The number of hydrogen-bond donors (Lipinski definition) is 2. The Morgan fingerprint density at radius 2 is 1.04 bits per heavy atom. The van der Waals surface area contributed by atoms with Crippen molar-refractivity contribution in [2.75, 3.05) is 23.7 Å². The van der Waals surface area contributed by atoms with E-state index in [-0.39, 0.29) is 36.5 Å². The molecule has 0 spiro atoms. The molecule has 2 atom stereocenters.